The smallest absolute Gasteiger partial charge is 0.227 e. The fourth-order valence-corrected chi connectivity index (χ4v) is 3.19. The highest BCUT2D eigenvalue weighted by atomic mass is 16.6. The molecule has 156 valence electrons. The van der Waals surface area contributed by atoms with Crippen molar-refractivity contribution in [2.75, 3.05) is 5.32 Å². The zero-order chi connectivity index (χ0) is 21.5. The second kappa shape index (κ2) is 9.67. The fraction of sp³-hybridized carbons (Fsp3) is 0.167. The Morgan fingerprint density at radius 3 is 2.48 bits per heavy atom. The lowest BCUT2D eigenvalue weighted by Crippen LogP contribution is -2.09. The minimum Gasteiger partial charge on any atom is -0.391 e. The second-order valence-electron chi connectivity index (χ2n) is 7.22. The number of hydrogen-bond donors (Lipinski definition) is 1. The molecule has 4 aromatic rings. The van der Waals surface area contributed by atoms with Crippen LogP contribution in [0.25, 0.3) is 11.4 Å². The molecular weight excluding hydrogens is 388 g/mol. The minimum atomic E-state index is 0.161. The van der Waals surface area contributed by atoms with Gasteiger partial charge in [0.2, 0.25) is 5.95 Å². The van der Waals surface area contributed by atoms with Gasteiger partial charge in [0.15, 0.2) is 5.82 Å². The minimum absolute atomic E-state index is 0.161. The van der Waals surface area contributed by atoms with E-state index in [1.807, 2.05) is 66.7 Å². The SMILES string of the molecule is CC(C)n1c(-c2ccnc(Nc3ccccc3)n2)cnc1/C=N/OCc1ccccc1. The molecule has 2 aromatic carbocycles. The van der Waals surface area contributed by atoms with E-state index < -0.39 is 0 Å². The molecule has 2 heterocycles. The average Bonchev–Trinajstić information content (AvgIpc) is 3.23. The van der Waals surface area contributed by atoms with Gasteiger partial charge in [0.1, 0.15) is 12.8 Å². The number of nitrogens with zero attached hydrogens (tertiary/aromatic N) is 5. The Labute approximate surface area is 181 Å². The van der Waals surface area contributed by atoms with Crippen LogP contribution >= 0.6 is 0 Å². The zero-order valence-corrected chi connectivity index (χ0v) is 17.5. The van der Waals surface area contributed by atoms with Gasteiger partial charge in [-0.3, -0.25) is 0 Å². The molecule has 1 N–H and O–H groups in total. The molecule has 0 unspecified atom stereocenters. The maximum atomic E-state index is 5.44. The summed E-state index contributed by atoms with van der Waals surface area (Å²) in [4.78, 5) is 19.0. The lowest BCUT2D eigenvalue weighted by Gasteiger charge is -2.14. The highest BCUT2D eigenvalue weighted by Crippen LogP contribution is 2.24. The van der Waals surface area contributed by atoms with Gasteiger partial charge >= 0.3 is 0 Å². The lowest BCUT2D eigenvalue weighted by atomic mass is 10.2. The van der Waals surface area contributed by atoms with Gasteiger partial charge in [-0.25, -0.2) is 15.0 Å². The molecule has 0 saturated heterocycles. The number of imidazole rings is 1. The van der Waals surface area contributed by atoms with Crippen LogP contribution in [0, 0.1) is 0 Å². The standard InChI is InChI=1S/C24H24N6O/c1-18(2)30-22(15-26-23(30)16-27-31-17-19-9-5-3-6-10-19)21-13-14-25-24(29-21)28-20-11-7-4-8-12-20/h3-16,18H,17H2,1-2H3,(H,25,28,29)/b27-16+. The Morgan fingerprint density at radius 1 is 1.00 bits per heavy atom. The first-order chi connectivity index (χ1) is 15.2. The Morgan fingerprint density at radius 2 is 1.74 bits per heavy atom. The normalized spacial score (nSPS) is 11.2. The summed E-state index contributed by atoms with van der Waals surface area (Å²) in [6.07, 6.45) is 5.17. The summed E-state index contributed by atoms with van der Waals surface area (Å²) in [5.41, 5.74) is 3.66. The van der Waals surface area contributed by atoms with Crippen molar-refractivity contribution >= 4 is 17.9 Å². The van der Waals surface area contributed by atoms with Gasteiger partial charge < -0.3 is 14.7 Å². The monoisotopic (exact) mass is 412 g/mol. The number of aromatic nitrogens is 4. The average molecular weight is 412 g/mol. The molecule has 7 heteroatoms. The Hall–Kier alpha value is -4.00. The molecular formula is C24H24N6O. The van der Waals surface area contributed by atoms with Crippen LogP contribution in [0.5, 0.6) is 0 Å². The van der Waals surface area contributed by atoms with Crippen LogP contribution in [-0.4, -0.2) is 25.7 Å². The third-order valence-corrected chi connectivity index (χ3v) is 4.61. The Balaban J connectivity index is 1.53. The molecule has 0 radical (unpaired) electrons. The first-order valence-corrected chi connectivity index (χ1v) is 10.1. The molecule has 2 aromatic heterocycles. The summed E-state index contributed by atoms with van der Waals surface area (Å²) >= 11 is 0. The molecule has 0 fully saturated rings. The van der Waals surface area contributed by atoms with Crippen molar-refractivity contribution in [3.63, 3.8) is 0 Å². The van der Waals surface area contributed by atoms with Crippen LogP contribution < -0.4 is 5.32 Å². The zero-order valence-electron chi connectivity index (χ0n) is 17.5. The Bertz CT molecular complexity index is 1140. The number of para-hydroxylation sites is 1. The van der Waals surface area contributed by atoms with Gasteiger partial charge in [-0.15, -0.1) is 0 Å². The molecule has 0 bridgehead atoms. The molecule has 4 rings (SSSR count). The van der Waals surface area contributed by atoms with Crippen LogP contribution in [-0.2, 0) is 11.4 Å². The molecule has 31 heavy (non-hydrogen) atoms. The molecule has 0 atom stereocenters. The van der Waals surface area contributed by atoms with E-state index in [0.717, 1.165) is 22.6 Å². The number of nitrogens with one attached hydrogen (secondary N) is 1. The summed E-state index contributed by atoms with van der Waals surface area (Å²) < 4.78 is 2.07. The molecule has 0 spiro atoms. The van der Waals surface area contributed by atoms with E-state index in [1.54, 1.807) is 18.6 Å². The van der Waals surface area contributed by atoms with Crippen molar-refractivity contribution in [2.45, 2.75) is 26.5 Å². The molecule has 0 aliphatic heterocycles. The highest BCUT2D eigenvalue weighted by molar-refractivity contribution is 5.76. The van der Waals surface area contributed by atoms with Crippen LogP contribution in [0.2, 0.25) is 0 Å². The topological polar surface area (TPSA) is 77.2 Å². The van der Waals surface area contributed by atoms with E-state index >= 15 is 0 Å². The summed E-state index contributed by atoms with van der Waals surface area (Å²) in [5, 5.41) is 7.34. The van der Waals surface area contributed by atoms with Gasteiger partial charge in [0.25, 0.3) is 0 Å². The van der Waals surface area contributed by atoms with Crippen molar-refractivity contribution in [3.8, 4) is 11.4 Å². The van der Waals surface area contributed by atoms with E-state index in [-0.39, 0.29) is 6.04 Å². The molecule has 0 amide bonds. The lowest BCUT2D eigenvalue weighted by molar-refractivity contribution is 0.132. The van der Waals surface area contributed by atoms with E-state index in [1.165, 1.54) is 0 Å². The van der Waals surface area contributed by atoms with Crippen LogP contribution in [0.1, 0.15) is 31.3 Å². The quantitative estimate of drug-likeness (QED) is 0.317. The summed E-state index contributed by atoms with van der Waals surface area (Å²) in [6, 6.07) is 21.8. The third-order valence-electron chi connectivity index (χ3n) is 4.61. The maximum absolute atomic E-state index is 5.44. The second-order valence-corrected chi connectivity index (χ2v) is 7.22. The first kappa shape index (κ1) is 20.3. The van der Waals surface area contributed by atoms with E-state index in [0.29, 0.717) is 18.4 Å². The van der Waals surface area contributed by atoms with Crippen LogP contribution in [0.4, 0.5) is 11.6 Å². The van der Waals surface area contributed by atoms with Crippen molar-refractivity contribution in [1.29, 1.82) is 0 Å². The number of oxime groups is 1. The number of rotatable bonds is 8. The van der Waals surface area contributed by atoms with E-state index in [2.05, 4.69) is 43.8 Å². The number of anilines is 2. The summed E-state index contributed by atoms with van der Waals surface area (Å²) in [6.45, 7) is 4.60. The van der Waals surface area contributed by atoms with Gasteiger partial charge in [-0.2, -0.15) is 0 Å². The van der Waals surface area contributed by atoms with Gasteiger partial charge in [-0.1, -0.05) is 53.7 Å². The molecule has 0 aliphatic rings. The van der Waals surface area contributed by atoms with Crippen LogP contribution in [0.3, 0.4) is 0 Å². The molecule has 0 saturated carbocycles. The van der Waals surface area contributed by atoms with Gasteiger partial charge in [-0.05, 0) is 37.6 Å². The van der Waals surface area contributed by atoms with Crippen molar-refractivity contribution in [2.24, 2.45) is 5.16 Å². The number of benzene rings is 2. The van der Waals surface area contributed by atoms with E-state index in [9.17, 15) is 0 Å². The maximum Gasteiger partial charge on any atom is 0.227 e. The van der Waals surface area contributed by atoms with Crippen molar-refractivity contribution < 1.29 is 4.84 Å². The van der Waals surface area contributed by atoms with Crippen LogP contribution in [0.15, 0.2) is 84.3 Å². The third kappa shape index (κ3) is 5.14. The predicted molar refractivity (Wildman–Crippen MR) is 122 cm³/mol. The molecule has 0 aliphatic carbocycles. The van der Waals surface area contributed by atoms with Crippen molar-refractivity contribution in [1.82, 2.24) is 19.5 Å². The molecule has 7 nitrogen and oxygen atoms in total. The highest BCUT2D eigenvalue weighted by Gasteiger charge is 2.15. The largest absolute Gasteiger partial charge is 0.391 e. The van der Waals surface area contributed by atoms with Gasteiger partial charge in [0.05, 0.1) is 17.6 Å². The summed E-state index contributed by atoms with van der Waals surface area (Å²) in [5.74, 6) is 1.23. The fourth-order valence-electron chi connectivity index (χ4n) is 3.19. The van der Waals surface area contributed by atoms with E-state index in [4.69, 9.17) is 4.84 Å². The van der Waals surface area contributed by atoms with Gasteiger partial charge in [0, 0.05) is 17.9 Å². The Kier molecular flexibility index (Phi) is 6.32. The number of hydrogen-bond acceptors (Lipinski definition) is 6. The predicted octanol–water partition coefficient (Wildman–Crippen LogP) is 5.22. The first-order valence-electron chi connectivity index (χ1n) is 10.1. The van der Waals surface area contributed by atoms with Crippen molar-refractivity contribution in [3.05, 3.63) is 90.5 Å². The summed E-state index contributed by atoms with van der Waals surface area (Å²) in [7, 11) is 0.